The fourth-order valence-corrected chi connectivity index (χ4v) is 2.76. The van der Waals surface area contributed by atoms with E-state index in [4.69, 9.17) is 4.74 Å². The minimum absolute atomic E-state index is 0.184. The number of hydrogen-bond donors (Lipinski definition) is 1. The summed E-state index contributed by atoms with van der Waals surface area (Å²) >= 11 is 0. The average molecular weight is 300 g/mol. The Hall–Kier alpha value is -0.160. The third kappa shape index (κ3) is 8.77. The van der Waals surface area contributed by atoms with Crippen LogP contribution < -0.4 is 5.32 Å². The van der Waals surface area contributed by atoms with Crippen LogP contribution in [0, 0.1) is 0 Å². The summed E-state index contributed by atoms with van der Waals surface area (Å²) in [5.41, 5.74) is 0.184. The molecule has 1 aliphatic rings. The van der Waals surface area contributed by atoms with E-state index in [9.17, 15) is 0 Å². The second-order valence-corrected chi connectivity index (χ2v) is 7.64. The van der Waals surface area contributed by atoms with Crippen LogP contribution in [0.25, 0.3) is 0 Å². The first kappa shape index (κ1) is 18.9. The SMILES string of the molecule is CCN(CCCN(C)C)CC1CCC(CNC(C)(C)C)O1. The van der Waals surface area contributed by atoms with Gasteiger partial charge >= 0.3 is 0 Å². The number of hydrogen-bond acceptors (Lipinski definition) is 4. The van der Waals surface area contributed by atoms with Gasteiger partial charge in [-0.25, -0.2) is 0 Å². The number of rotatable bonds is 9. The summed E-state index contributed by atoms with van der Waals surface area (Å²) in [6.07, 6.45) is 4.47. The Morgan fingerprint density at radius 1 is 1.10 bits per heavy atom. The molecule has 2 atom stereocenters. The molecule has 2 unspecified atom stereocenters. The fraction of sp³-hybridized carbons (Fsp3) is 1.00. The lowest BCUT2D eigenvalue weighted by Crippen LogP contribution is -2.41. The van der Waals surface area contributed by atoms with Gasteiger partial charge in [0.25, 0.3) is 0 Å². The first-order chi connectivity index (χ1) is 9.80. The van der Waals surface area contributed by atoms with Crippen molar-refractivity contribution in [3.05, 3.63) is 0 Å². The molecule has 0 radical (unpaired) electrons. The van der Waals surface area contributed by atoms with Crippen molar-refractivity contribution in [2.75, 3.05) is 46.8 Å². The van der Waals surface area contributed by atoms with Gasteiger partial charge in [-0.1, -0.05) is 6.92 Å². The molecule has 1 saturated heterocycles. The van der Waals surface area contributed by atoms with Gasteiger partial charge in [0, 0.05) is 18.6 Å². The Balaban J connectivity index is 2.22. The van der Waals surface area contributed by atoms with Gasteiger partial charge < -0.3 is 19.9 Å². The zero-order chi connectivity index (χ0) is 15.9. The molecule has 0 spiro atoms. The van der Waals surface area contributed by atoms with E-state index in [-0.39, 0.29) is 5.54 Å². The summed E-state index contributed by atoms with van der Waals surface area (Å²) in [5, 5.41) is 3.55. The van der Waals surface area contributed by atoms with Gasteiger partial charge in [-0.15, -0.1) is 0 Å². The third-order valence-corrected chi connectivity index (χ3v) is 4.04. The van der Waals surface area contributed by atoms with E-state index in [1.54, 1.807) is 0 Å². The van der Waals surface area contributed by atoms with Gasteiger partial charge in [-0.3, -0.25) is 0 Å². The normalized spacial score (nSPS) is 23.4. The van der Waals surface area contributed by atoms with Gasteiger partial charge in [0.1, 0.15) is 0 Å². The molecule has 1 heterocycles. The first-order valence-electron chi connectivity index (χ1n) is 8.57. The van der Waals surface area contributed by atoms with Crippen molar-refractivity contribution in [2.45, 2.75) is 64.7 Å². The lowest BCUT2D eigenvalue weighted by molar-refractivity contribution is 0.0213. The van der Waals surface area contributed by atoms with Crippen LogP contribution in [0.4, 0.5) is 0 Å². The monoisotopic (exact) mass is 299 g/mol. The molecular formula is C17H37N3O. The van der Waals surface area contributed by atoms with Crippen molar-refractivity contribution in [2.24, 2.45) is 0 Å². The Kier molecular flexibility index (Phi) is 8.17. The molecule has 1 rings (SSSR count). The molecule has 4 heteroatoms. The quantitative estimate of drug-likeness (QED) is 0.706. The Bertz CT molecular complexity index is 276. The van der Waals surface area contributed by atoms with E-state index in [0.717, 1.165) is 19.6 Å². The predicted octanol–water partition coefficient (Wildman–Crippen LogP) is 2.20. The van der Waals surface area contributed by atoms with Crippen molar-refractivity contribution in [3.63, 3.8) is 0 Å². The third-order valence-electron chi connectivity index (χ3n) is 4.04. The Morgan fingerprint density at radius 3 is 2.33 bits per heavy atom. The second kappa shape index (κ2) is 9.09. The molecule has 0 aromatic heterocycles. The fourth-order valence-electron chi connectivity index (χ4n) is 2.76. The van der Waals surface area contributed by atoms with Crippen LogP contribution in [0.2, 0.25) is 0 Å². The molecule has 0 aromatic rings. The first-order valence-corrected chi connectivity index (χ1v) is 8.57. The molecule has 1 aliphatic heterocycles. The minimum atomic E-state index is 0.184. The van der Waals surface area contributed by atoms with Crippen LogP contribution in [0.5, 0.6) is 0 Å². The van der Waals surface area contributed by atoms with Crippen molar-refractivity contribution in [3.8, 4) is 0 Å². The van der Waals surface area contributed by atoms with Crippen LogP contribution in [0.3, 0.4) is 0 Å². The van der Waals surface area contributed by atoms with Crippen molar-refractivity contribution in [1.82, 2.24) is 15.1 Å². The highest BCUT2D eigenvalue weighted by atomic mass is 16.5. The smallest absolute Gasteiger partial charge is 0.0707 e. The molecule has 0 bridgehead atoms. The summed E-state index contributed by atoms with van der Waals surface area (Å²) < 4.78 is 6.20. The van der Waals surface area contributed by atoms with Crippen LogP contribution in [-0.4, -0.2) is 74.4 Å². The molecule has 0 amide bonds. The van der Waals surface area contributed by atoms with Gasteiger partial charge in [0.2, 0.25) is 0 Å². The zero-order valence-corrected chi connectivity index (χ0v) is 15.1. The standard InChI is InChI=1S/C17H37N3O/c1-7-20(12-8-11-19(5)6)14-16-10-9-15(21-16)13-18-17(2,3)4/h15-16,18H,7-14H2,1-6H3. The van der Waals surface area contributed by atoms with Gasteiger partial charge in [-0.2, -0.15) is 0 Å². The van der Waals surface area contributed by atoms with E-state index in [1.165, 1.54) is 32.4 Å². The zero-order valence-electron chi connectivity index (χ0n) is 15.1. The maximum absolute atomic E-state index is 6.20. The van der Waals surface area contributed by atoms with Crippen LogP contribution in [0.1, 0.15) is 47.0 Å². The van der Waals surface area contributed by atoms with Crippen molar-refractivity contribution >= 4 is 0 Å². The Morgan fingerprint density at radius 2 is 1.76 bits per heavy atom. The minimum Gasteiger partial charge on any atom is -0.372 e. The molecule has 0 aliphatic carbocycles. The van der Waals surface area contributed by atoms with Crippen molar-refractivity contribution < 1.29 is 4.74 Å². The lowest BCUT2D eigenvalue weighted by atomic mass is 10.1. The highest BCUT2D eigenvalue weighted by molar-refractivity contribution is 4.80. The summed E-state index contributed by atoms with van der Waals surface area (Å²) in [5.74, 6) is 0. The number of nitrogens with one attached hydrogen (secondary N) is 1. The maximum Gasteiger partial charge on any atom is 0.0707 e. The summed E-state index contributed by atoms with van der Waals surface area (Å²) in [4.78, 5) is 4.79. The molecule has 0 aromatic carbocycles. The van der Waals surface area contributed by atoms with Crippen LogP contribution >= 0.6 is 0 Å². The molecular weight excluding hydrogens is 262 g/mol. The molecule has 1 N–H and O–H groups in total. The summed E-state index contributed by atoms with van der Waals surface area (Å²) in [6, 6.07) is 0. The van der Waals surface area contributed by atoms with Crippen LogP contribution in [-0.2, 0) is 4.74 Å². The Labute approximate surface area is 132 Å². The molecule has 126 valence electrons. The van der Waals surface area contributed by atoms with E-state index in [1.807, 2.05) is 0 Å². The van der Waals surface area contributed by atoms with E-state index in [0.29, 0.717) is 12.2 Å². The highest BCUT2D eigenvalue weighted by Gasteiger charge is 2.27. The topological polar surface area (TPSA) is 27.7 Å². The molecule has 1 fully saturated rings. The largest absolute Gasteiger partial charge is 0.372 e. The van der Waals surface area contributed by atoms with Gasteiger partial charge in [0.15, 0.2) is 0 Å². The summed E-state index contributed by atoms with van der Waals surface area (Å²) in [6.45, 7) is 14.4. The van der Waals surface area contributed by atoms with Gasteiger partial charge in [-0.05, 0) is 73.8 Å². The average Bonchev–Trinajstić information content (AvgIpc) is 2.81. The lowest BCUT2D eigenvalue weighted by Gasteiger charge is -2.26. The number of likely N-dealkylation sites (N-methyl/N-ethyl adjacent to an activating group) is 1. The van der Waals surface area contributed by atoms with Crippen LogP contribution in [0.15, 0.2) is 0 Å². The predicted molar refractivity (Wildman–Crippen MR) is 90.9 cm³/mol. The second-order valence-electron chi connectivity index (χ2n) is 7.64. The number of ether oxygens (including phenoxy) is 1. The van der Waals surface area contributed by atoms with E-state index < -0.39 is 0 Å². The highest BCUT2D eigenvalue weighted by Crippen LogP contribution is 2.20. The van der Waals surface area contributed by atoms with E-state index >= 15 is 0 Å². The number of nitrogens with zero attached hydrogens (tertiary/aromatic N) is 2. The molecule has 21 heavy (non-hydrogen) atoms. The van der Waals surface area contributed by atoms with Crippen molar-refractivity contribution in [1.29, 1.82) is 0 Å². The van der Waals surface area contributed by atoms with E-state index in [2.05, 4.69) is 56.9 Å². The summed E-state index contributed by atoms with van der Waals surface area (Å²) in [7, 11) is 4.28. The molecule has 0 saturated carbocycles. The van der Waals surface area contributed by atoms with Gasteiger partial charge in [0.05, 0.1) is 12.2 Å². The molecule has 4 nitrogen and oxygen atoms in total. The maximum atomic E-state index is 6.20.